The Morgan fingerprint density at radius 1 is 0.833 bits per heavy atom. The molecule has 0 bridgehead atoms. The summed E-state index contributed by atoms with van der Waals surface area (Å²) in [5.74, 6) is -0.529. The highest BCUT2D eigenvalue weighted by molar-refractivity contribution is 7.91. The monoisotopic (exact) mass is 339 g/mol. The van der Waals surface area contributed by atoms with Crippen LogP contribution in [-0.2, 0) is 14.6 Å². The average molecular weight is 339 g/mol. The van der Waals surface area contributed by atoms with Gasteiger partial charge < -0.3 is 5.32 Å². The zero-order valence-corrected chi connectivity index (χ0v) is 13.8. The van der Waals surface area contributed by atoms with Crippen molar-refractivity contribution in [3.63, 3.8) is 0 Å². The second-order valence-electron chi connectivity index (χ2n) is 5.46. The predicted octanol–water partition coefficient (Wildman–Crippen LogP) is 3.64. The van der Waals surface area contributed by atoms with Gasteiger partial charge in [0, 0.05) is 17.5 Å². The van der Waals surface area contributed by atoms with E-state index in [2.05, 4.69) is 5.32 Å². The fraction of sp³-hybridized carbons (Fsp3) is 0.105. The molecule has 0 atom stereocenters. The van der Waals surface area contributed by atoms with Gasteiger partial charge in [-0.25, -0.2) is 8.42 Å². The first-order chi connectivity index (χ1) is 11.6. The first-order valence-electron chi connectivity index (χ1n) is 7.62. The summed E-state index contributed by atoms with van der Waals surface area (Å²) in [5, 5.41) is 4.76. The molecular weight excluding hydrogens is 322 g/mol. The second kappa shape index (κ2) is 6.84. The topological polar surface area (TPSA) is 63.2 Å². The smallest absolute Gasteiger partial charge is 0.225 e. The summed E-state index contributed by atoms with van der Waals surface area (Å²) < 4.78 is 24.4. The normalized spacial score (nSPS) is 11.3. The summed E-state index contributed by atoms with van der Waals surface area (Å²) in [4.78, 5) is 12.4. The molecule has 3 aromatic carbocycles. The maximum atomic E-state index is 12.2. The molecule has 0 radical (unpaired) electrons. The average Bonchev–Trinajstić information content (AvgIpc) is 2.61. The Morgan fingerprint density at radius 3 is 2.29 bits per heavy atom. The van der Waals surface area contributed by atoms with Gasteiger partial charge in [-0.15, -0.1) is 0 Å². The molecule has 0 saturated carbocycles. The highest BCUT2D eigenvalue weighted by Crippen LogP contribution is 2.23. The van der Waals surface area contributed by atoms with Gasteiger partial charge in [0.1, 0.15) is 0 Å². The van der Waals surface area contributed by atoms with Crippen molar-refractivity contribution in [1.82, 2.24) is 0 Å². The molecule has 3 rings (SSSR count). The molecule has 1 amide bonds. The zero-order valence-electron chi connectivity index (χ0n) is 13.0. The van der Waals surface area contributed by atoms with Gasteiger partial charge in [-0.3, -0.25) is 4.79 Å². The van der Waals surface area contributed by atoms with E-state index in [9.17, 15) is 13.2 Å². The molecule has 0 aliphatic heterocycles. The molecule has 5 heteroatoms. The summed E-state index contributed by atoms with van der Waals surface area (Å²) in [5.41, 5.74) is 0.690. The Morgan fingerprint density at radius 2 is 1.50 bits per heavy atom. The number of benzene rings is 3. The van der Waals surface area contributed by atoms with Crippen LogP contribution in [0.2, 0.25) is 0 Å². The molecule has 0 aliphatic carbocycles. The lowest BCUT2D eigenvalue weighted by atomic mass is 10.1. The van der Waals surface area contributed by atoms with Gasteiger partial charge >= 0.3 is 0 Å². The van der Waals surface area contributed by atoms with Crippen molar-refractivity contribution in [3.8, 4) is 0 Å². The highest BCUT2D eigenvalue weighted by atomic mass is 32.2. The highest BCUT2D eigenvalue weighted by Gasteiger charge is 2.16. The summed E-state index contributed by atoms with van der Waals surface area (Å²) in [6, 6.07) is 21.5. The van der Waals surface area contributed by atoms with Gasteiger partial charge in [0.05, 0.1) is 10.6 Å². The lowest BCUT2D eigenvalue weighted by molar-refractivity contribution is -0.115. The van der Waals surface area contributed by atoms with Crippen LogP contribution in [0.25, 0.3) is 10.8 Å². The van der Waals surface area contributed by atoms with Crippen LogP contribution in [0.5, 0.6) is 0 Å². The largest absolute Gasteiger partial charge is 0.325 e. The van der Waals surface area contributed by atoms with Crippen LogP contribution in [-0.4, -0.2) is 20.1 Å². The fourth-order valence-electron chi connectivity index (χ4n) is 2.52. The van der Waals surface area contributed by atoms with Crippen LogP contribution < -0.4 is 5.32 Å². The number of nitrogens with one attached hydrogen (secondary N) is 1. The minimum atomic E-state index is -3.45. The van der Waals surface area contributed by atoms with Crippen LogP contribution in [0, 0.1) is 0 Å². The Labute approximate surface area is 141 Å². The number of hydrogen-bond donors (Lipinski definition) is 1. The number of rotatable bonds is 5. The van der Waals surface area contributed by atoms with E-state index in [0.29, 0.717) is 5.69 Å². The number of carbonyl (C=O) groups is 1. The van der Waals surface area contributed by atoms with Crippen LogP contribution in [0.15, 0.2) is 77.7 Å². The zero-order chi connectivity index (χ0) is 17.0. The minimum absolute atomic E-state index is 0.0829. The number of hydrogen-bond acceptors (Lipinski definition) is 3. The summed E-state index contributed by atoms with van der Waals surface area (Å²) in [7, 11) is -3.45. The Kier molecular flexibility index (Phi) is 4.62. The van der Waals surface area contributed by atoms with E-state index in [1.807, 2.05) is 42.5 Å². The van der Waals surface area contributed by atoms with E-state index in [-0.39, 0.29) is 23.0 Å². The molecule has 0 spiro atoms. The summed E-state index contributed by atoms with van der Waals surface area (Å²) >= 11 is 0. The lowest BCUT2D eigenvalue weighted by Crippen LogP contribution is -2.17. The van der Waals surface area contributed by atoms with Crippen molar-refractivity contribution >= 4 is 32.2 Å². The van der Waals surface area contributed by atoms with Gasteiger partial charge in [-0.1, -0.05) is 54.6 Å². The SMILES string of the molecule is O=C(CCS(=O)(=O)c1ccccc1)Nc1cccc2ccccc12. The molecule has 3 aromatic rings. The number of anilines is 1. The maximum Gasteiger partial charge on any atom is 0.225 e. The predicted molar refractivity (Wildman–Crippen MR) is 95.7 cm³/mol. The molecule has 0 heterocycles. The first kappa shape index (κ1) is 16.2. The van der Waals surface area contributed by atoms with Crippen molar-refractivity contribution in [2.45, 2.75) is 11.3 Å². The van der Waals surface area contributed by atoms with Gasteiger partial charge in [0.25, 0.3) is 0 Å². The van der Waals surface area contributed by atoms with Crippen molar-refractivity contribution in [2.24, 2.45) is 0 Å². The Bertz CT molecular complexity index is 961. The van der Waals surface area contributed by atoms with Crippen molar-refractivity contribution in [1.29, 1.82) is 0 Å². The van der Waals surface area contributed by atoms with Crippen molar-refractivity contribution in [2.75, 3.05) is 11.1 Å². The Balaban J connectivity index is 1.70. The van der Waals surface area contributed by atoms with Gasteiger partial charge in [0.2, 0.25) is 5.91 Å². The van der Waals surface area contributed by atoms with Crippen LogP contribution >= 0.6 is 0 Å². The lowest BCUT2D eigenvalue weighted by Gasteiger charge is -2.09. The van der Waals surface area contributed by atoms with Gasteiger partial charge in [-0.05, 0) is 23.6 Å². The molecule has 0 aromatic heterocycles. The third-order valence-corrected chi connectivity index (χ3v) is 5.50. The van der Waals surface area contributed by atoms with E-state index in [1.165, 1.54) is 12.1 Å². The van der Waals surface area contributed by atoms with Gasteiger partial charge in [-0.2, -0.15) is 0 Å². The van der Waals surface area contributed by atoms with Crippen LogP contribution in [0.1, 0.15) is 6.42 Å². The molecule has 0 fully saturated rings. The molecule has 1 N–H and O–H groups in total. The summed E-state index contributed by atoms with van der Waals surface area (Å²) in [6.45, 7) is 0. The fourth-order valence-corrected chi connectivity index (χ4v) is 3.78. The first-order valence-corrected chi connectivity index (χ1v) is 9.27. The van der Waals surface area contributed by atoms with Crippen molar-refractivity contribution < 1.29 is 13.2 Å². The van der Waals surface area contributed by atoms with E-state index in [4.69, 9.17) is 0 Å². The summed E-state index contributed by atoms with van der Waals surface area (Å²) in [6.07, 6.45) is -0.0829. The standard InChI is InChI=1S/C19H17NO3S/c21-19(13-14-24(22,23)16-9-2-1-3-10-16)20-18-12-6-8-15-7-4-5-11-17(15)18/h1-12H,13-14H2,(H,20,21). The molecule has 122 valence electrons. The van der Waals surface area contributed by atoms with E-state index in [0.717, 1.165) is 10.8 Å². The number of sulfone groups is 1. The number of fused-ring (bicyclic) bond motifs is 1. The molecule has 0 saturated heterocycles. The second-order valence-corrected chi connectivity index (χ2v) is 7.57. The molecule has 24 heavy (non-hydrogen) atoms. The maximum absolute atomic E-state index is 12.2. The van der Waals surface area contributed by atoms with E-state index < -0.39 is 9.84 Å². The van der Waals surface area contributed by atoms with Crippen LogP contribution in [0.3, 0.4) is 0 Å². The van der Waals surface area contributed by atoms with E-state index >= 15 is 0 Å². The third kappa shape index (κ3) is 3.63. The number of carbonyl (C=O) groups excluding carboxylic acids is 1. The molecular formula is C19H17NO3S. The van der Waals surface area contributed by atoms with Crippen molar-refractivity contribution in [3.05, 3.63) is 72.8 Å². The van der Waals surface area contributed by atoms with E-state index in [1.54, 1.807) is 18.2 Å². The minimum Gasteiger partial charge on any atom is -0.325 e. The third-order valence-electron chi connectivity index (χ3n) is 3.76. The molecule has 0 aliphatic rings. The Hall–Kier alpha value is -2.66. The van der Waals surface area contributed by atoms with Crippen LogP contribution in [0.4, 0.5) is 5.69 Å². The number of amides is 1. The molecule has 0 unspecified atom stereocenters. The quantitative estimate of drug-likeness (QED) is 0.772. The molecule has 4 nitrogen and oxygen atoms in total. The van der Waals surface area contributed by atoms with Gasteiger partial charge in [0.15, 0.2) is 9.84 Å².